The summed E-state index contributed by atoms with van der Waals surface area (Å²) in [5, 5.41) is 3.37. The quantitative estimate of drug-likeness (QED) is 0.819. The number of aromatic nitrogens is 1. The molecular formula is C10H9F2N3O3S. The van der Waals surface area contributed by atoms with Gasteiger partial charge in [0, 0.05) is 11.8 Å². The van der Waals surface area contributed by atoms with Gasteiger partial charge in [0.05, 0.1) is 12.7 Å². The third kappa shape index (κ3) is 2.88. The van der Waals surface area contributed by atoms with Crippen molar-refractivity contribution in [2.75, 3.05) is 5.73 Å². The summed E-state index contributed by atoms with van der Waals surface area (Å²) in [6.45, 7) is -0.272. The van der Waals surface area contributed by atoms with Gasteiger partial charge in [-0.15, -0.1) is 0 Å². The Morgan fingerprint density at radius 1 is 1.32 bits per heavy atom. The summed E-state index contributed by atoms with van der Waals surface area (Å²) in [5.74, 6) is -2.31. The fourth-order valence-corrected chi connectivity index (χ4v) is 2.52. The number of hydrogen-bond acceptors (Lipinski definition) is 5. The molecule has 0 saturated heterocycles. The van der Waals surface area contributed by atoms with E-state index in [-0.39, 0.29) is 18.0 Å². The highest BCUT2D eigenvalue weighted by Crippen LogP contribution is 2.21. The van der Waals surface area contributed by atoms with E-state index in [4.69, 9.17) is 5.73 Å². The lowest BCUT2D eigenvalue weighted by Gasteiger charge is -2.08. The molecule has 0 bridgehead atoms. The minimum atomic E-state index is -4.36. The van der Waals surface area contributed by atoms with Gasteiger partial charge >= 0.3 is 0 Å². The summed E-state index contributed by atoms with van der Waals surface area (Å²) >= 11 is 0. The minimum Gasteiger partial charge on any atom is -0.399 e. The molecule has 0 saturated carbocycles. The van der Waals surface area contributed by atoms with Gasteiger partial charge < -0.3 is 10.3 Å². The predicted octanol–water partition coefficient (Wildman–Crippen LogP) is 1.01. The van der Waals surface area contributed by atoms with Gasteiger partial charge in [-0.1, -0.05) is 5.16 Å². The fourth-order valence-electron chi connectivity index (χ4n) is 1.41. The van der Waals surface area contributed by atoms with E-state index in [2.05, 4.69) is 9.68 Å². The topological polar surface area (TPSA) is 98.2 Å². The van der Waals surface area contributed by atoms with Gasteiger partial charge in [-0.3, -0.25) is 0 Å². The van der Waals surface area contributed by atoms with E-state index >= 15 is 0 Å². The molecule has 1 aromatic carbocycles. The van der Waals surface area contributed by atoms with E-state index in [0.29, 0.717) is 0 Å². The first-order chi connectivity index (χ1) is 8.90. The van der Waals surface area contributed by atoms with Crippen LogP contribution in [-0.4, -0.2) is 13.6 Å². The smallest absolute Gasteiger partial charge is 0.246 e. The summed E-state index contributed by atoms with van der Waals surface area (Å²) in [5.41, 5.74) is 5.00. The molecule has 6 nitrogen and oxygen atoms in total. The standard InChI is InChI=1S/C10H9F2N3O3S/c11-8-3-6(13)4-9(12)10(8)19(16,17)15-5-7-1-2-14-18-7/h1-4,15H,5,13H2. The van der Waals surface area contributed by atoms with Crippen LogP contribution in [0.2, 0.25) is 0 Å². The van der Waals surface area contributed by atoms with Crippen molar-refractivity contribution in [3.05, 3.63) is 41.8 Å². The van der Waals surface area contributed by atoms with E-state index in [1.54, 1.807) is 0 Å². The van der Waals surface area contributed by atoms with E-state index in [9.17, 15) is 17.2 Å². The van der Waals surface area contributed by atoms with Crippen LogP contribution >= 0.6 is 0 Å². The maximum Gasteiger partial charge on any atom is 0.246 e. The Labute approximate surface area is 107 Å². The first kappa shape index (κ1) is 13.4. The molecule has 0 fully saturated rings. The van der Waals surface area contributed by atoms with Crippen LogP contribution in [0.5, 0.6) is 0 Å². The van der Waals surface area contributed by atoms with Gasteiger partial charge in [0.25, 0.3) is 0 Å². The number of nitrogen functional groups attached to an aromatic ring is 1. The lowest BCUT2D eigenvalue weighted by Crippen LogP contribution is -2.25. The number of nitrogens with one attached hydrogen (secondary N) is 1. The summed E-state index contributed by atoms with van der Waals surface area (Å²) < 4.78 is 57.2. The molecule has 102 valence electrons. The van der Waals surface area contributed by atoms with Gasteiger partial charge in [-0.25, -0.2) is 21.9 Å². The normalized spacial score (nSPS) is 11.7. The third-order valence-corrected chi connectivity index (χ3v) is 3.67. The van der Waals surface area contributed by atoms with Crippen molar-refractivity contribution in [2.45, 2.75) is 11.4 Å². The van der Waals surface area contributed by atoms with Crippen LogP contribution in [-0.2, 0) is 16.6 Å². The first-order valence-corrected chi connectivity index (χ1v) is 6.52. The molecule has 1 heterocycles. The van der Waals surface area contributed by atoms with Crippen molar-refractivity contribution in [1.29, 1.82) is 0 Å². The van der Waals surface area contributed by atoms with Gasteiger partial charge in [-0.05, 0) is 12.1 Å². The molecule has 0 radical (unpaired) electrons. The molecule has 2 aromatic rings. The van der Waals surface area contributed by atoms with Crippen molar-refractivity contribution >= 4 is 15.7 Å². The Hall–Kier alpha value is -2.00. The van der Waals surface area contributed by atoms with Crippen LogP contribution in [0.1, 0.15) is 5.76 Å². The molecular weight excluding hydrogens is 280 g/mol. The second-order valence-corrected chi connectivity index (χ2v) is 5.32. The maximum absolute atomic E-state index is 13.5. The van der Waals surface area contributed by atoms with Crippen molar-refractivity contribution in [1.82, 2.24) is 9.88 Å². The maximum atomic E-state index is 13.5. The predicted molar refractivity (Wildman–Crippen MR) is 61.3 cm³/mol. The van der Waals surface area contributed by atoms with Crippen molar-refractivity contribution < 1.29 is 21.7 Å². The molecule has 0 amide bonds. The molecule has 19 heavy (non-hydrogen) atoms. The van der Waals surface area contributed by atoms with Crippen LogP contribution in [0.15, 0.2) is 33.8 Å². The molecule has 0 spiro atoms. The Morgan fingerprint density at radius 3 is 2.47 bits per heavy atom. The summed E-state index contributed by atoms with van der Waals surface area (Å²) in [6, 6.07) is 2.87. The van der Waals surface area contributed by atoms with Gasteiger partial charge in [-0.2, -0.15) is 0 Å². The average Bonchev–Trinajstić information content (AvgIpc) is 2.77. The Morgan fingerprint density at radius 2 is 1.95 bits per heavy atom. The lowest BCUT2D eigenvalue weighted by atomic mass is 10.3. The molecule has 3 N–H and O–H groups in total. The Balaban J connectivity index is 2.29. The number of nitrogens with zero attached hydrogens (tertiary/aromatic N) is 1. The van der Waals surface area contributed by atoms with Crippen molar-refractivity contribution in [2.24, 2.45) is 0 Å². The molecule has 0 unspecified atom stereocenters. The molecule has 0 aliphatic rings. The number of sulfonamides is 1. The summed E-state index contributed by atoms with van der Waals surface area (Å²) in [7, 11) is -4.36. The van der Waals surface area contributed by atoms with E-state index in [0.717, 1.165) is 12.1 Å². The molecule has 9 heteroatoms. The average molecular weight is 289 g/mol. The molecule has 0 aliphatic heterocycles. The molecule has 2 rings (SSSR count). The zero-order chi connectivity index (χ0) is 14.0. The number of rotatable bonds is 4. The van der Waals surface area contributed by atoms with Crippen LogP contribution in [0.25, 0.3) is 0 Å². The third-order valence-electron chi connectivity index (χ3n) is 2.22. The lowest BCUT2D eigenvalue weighted by molar-refractivity contribution is 0.380. The number of hydrogen-bond donors (Lipinski definition) is 2. The van der Waals surface area contributed by atoms with Crippen LogP contribution < -0.4 is 10.5 Å². The van der Waals surface area contributed by atoms with Crippen molar-refractivity contribution in [3.63, 3.8) is 0 Å². The second-order valence-electron chi connectivity index (χ2n) is 3.62. The number of benzene rings is 1. The molecule has 0 aliphatic carbocycles. The SMILES string of the molecule is Nc1cc(F)c(S(=O)(=O)NCc2ccno2)c(F)c1. The summed E-state index contributed by atoms with van der Waals surface area (Å²) in [6.07, 6.45) is 1.31. The van der Waals surface area contributed by atoms with E-state index < -0.39 is 26.6 Å². The molecule has 1 aromatic heterocycles. The highest BCUT2D eigenvalue weighted by atomic mass is 32.2. The number of halogens is 2. The van der Waals surface area contributed by atoms with Gasteiger partial charge in [0.15, 0.2) is 10.7 Å². The van der Waals surface area contributed by atoms with E-state index in [1.165, 1.54) is 12.3 Å². The highest BCUT2D eigenvalue weighted by Gasteiger charge is 2.24. The Bertz CT molecular complexity index is 663. The largest absolute Gasteiger partial charge is 0.399 e. The van der Waals surface area contributed by atoms with Crippen LogP contribution in [0.3, 0.4) is 0 Å². The zero-order valence-corrected chi connectivity index (χ0v) is 10.2. The number of nitrogens with two attached hydrogens (primary N) is 1. The highest BCUT2D eigenvalue weighted by molar-refractivity contribution is 7.89. The molecule has 0 atom stereocenters. The van der Waals surface area contributed by atoms with Crippen LogP contribution in [0.4, 0.5) is 14.5 Å². The summed E-state index contributed by atoms with van der Waals surface area (Å²) in [4.78, 5) is -1.08. The van der Waals surface area contributed by atoms with Gasteiger partial charge in [0.2, 0.25) is 10.0 Å². The van der Waals surface area contributed by atoms with E-state index in [1.807, 2.05) is 4.72 Å². The first-order valence-electron chi connectivity index (χ1n) is 5.04. The number of anilines is 1. The second kappa shape index (κ2) is 4.94. The fraction of sp³-hybridized carbons (Fsp3) is 0.100. The van der Waals surface area contributed by atoms with Gasteiger partial charge in [0.1, 0.15) is 11.6 Å². The zero-order valence-electron chi connectivity index (χ0n) is 9.43. The van der Waals surface area contributed by atoms with Crippen LogP contribution in [0, 0.1) is 11.6 Å². The Kier molecular flexibility index (Phi) is 3.49. The van der Waals surface area contributed by atoms with Crippen molar-refractivity contribution in [3.8, 4) is 0 Å². The monoisotopic (exact) mass is 289 g/mol. The minimum absolute atomic E-state index is 0.204.